The highest BCUT2D eigenvalue weighted by atomic mass is 79.9. The maximum atomic E-state index is 11.9. The Labute approximate surface area is 112 Å². The van der Waals surface area contributed by atoms with Crippen LogP contribution in [0.5, 0.6) is 0 Å². The Morgan fingerprint density at radius 1 is 1.28 bits per heavy atom. The van der Waals surface area contributed by atoms with E-state index in [9.17, 15) is 21.6 Å². The third-order valence-electron chi connectivity index (χ3n) is 1.97. The van der Waals surface area contributed by atoms with E-state index in [2.05, 4.69) is 20.7 Å². The summed E-state index contributed by atoms with van der Waals surface area (Å²) in [6.45, 7) is 0. The van der Waals surface area contributed by atoms with Gasteiger partial charge in [0.2, 0.25) is 10.0 Å². The summed E-state index contributed by atoms with van der Waals surface area (Å²) in [5, 5.41) is 0. The van der Waals surface area contributed by atoms with Crippen LogP contribution in [0, 0.1) is 0 Å². The number of hydrogen-bond donors (Lipinski definition) is 1. The maximum Gasteiger partial charge on any atom is 0.389 e. The Balaban J connectivity index is 2.55. The fourth-order valence-corrected chi connectivity index (χ4v) is 2.76. The molecule has 0 bridgehead atoms. The molecule has 3 nitrogen and oxygen atoms in total. The van der Waals surface area contributed by atoms with Crippen molar-refractivity contribution in [1.82, 2.24) is 0 Å². The highest BCUT2D eigenvalue weighted by Gasteiger charge is 2.27. The molecular weight excluding hydrogens is 335 g/mol. The Bertz CT molecular complexity index is 502. The molecular formula is C10H11BrF3NO2S. The minimum absolute atomic E-state index is 0.316. The highest BCUT2D eigenvalue weighted by Crippen LogP contribution is 2.22. The van der Waals surface area contributed by atoms with Crippen molar-refractivity contribution in [3.63, 3.8) is 0 Å². The fraction of sp³-hybridized carbons (Fsp3) is 0.400. The molecule has 0 amide bonds. The van der Waals surface area contributed by atoms with Gasteiger partial charge in [-0.2, -0.15) is 13.2 Å². The van der Waals surface area contributed by atoms with Crippen molar-refractivity contribution in [2.75, 3.05) is 10.5 Å². The highest BCUT2D eigenvalue weighted by molar-refractivity contribution is 9.10. The molecule has 1 aromatic rings. The second-order valence-corrected chi connectivity index (χ2v) is 6.41. The second-order valence-electron chi connectivity index (χ2n) is 3.65. The largest absolute Gasteiger partial charge is 0.389 e. The first kappa shape index (κ1) is 15.3. The van der Waals surface area contributed by atoms with Crippen molar-refractivity contribution in [3.05, 3.63) is 28.7 Å². The summed E-state index contributed by atoms with van der Waals surface area (Å²) >= 11 is 3.16. The number of benzene rings is 1. The van der Waals surface area contributed by atoms with E-state index in [0.717, 1.165) is 0 Å². The van der Waals surface area contributed by atoms with Crippen LogP contribution >= 0.6 is 15.9 Å². The molecule has 0 unspecified atom stereocenters. The molecule has 0 atom stereocenters. The minimum atomic E-state index is -4.33. The predicted molar refractivity (Wildman–Crippen MR) is 66.8 cm³/mol. The first-order valence-corrected chi connectivity index (χ1v) is 7.45. The van der Waals surface area contributed by atoms with Crippen molar-refractivity contribution in [2.45, 2.75) is 19.0 Å². The van der Waals surface area contributed by atoms with E-state index in [0.29, 0.717) is 10.2 Å². The second kappa shape index (κ2) is 5.92. The van der Waals surface area contributed by atoms with E-state index in [1.807, 2.05) is 0 Å². The Morgan fingerprint density at radius 3 is 2.50 bits per heavy atom. The molecule has 0 aliphatic rings. The lowest BCUT2D eigenvalue weighted by Gasteiger charge is -2.09. The fourth-order valence-electron chi connectivity index (χ4n) is 1.25. The van der Waals surface area contributed by atoms with E-state index in [1.54, 1.807) is 12.1 Å². The Kier molecular flexibility index (Phi) is 5.03. The van der Waals surface area contributed by atoms with Crippen LogP contribution in [-0.2, 0) is 10.0 Å². The van der Waals surface area contributed by atoms with Gasteiger partial charge in [0.1, 0.15) is 0 Å². The molecule has 1 N–H and O–H groups in total. The monoisotopic (exact) mass is 345 g/mol. The van der Waals surface area contributed by atoms with Crippen LogP contribution in [0.3, 0.4) is 0 Å². The van der Waals surface area contributed by atoms with Crippen molar-refractivity contribution < 1.29 is 21.6 Å². The SMILES string of the molecule is O=S(=O)(CCCC(F)(F)F)Nc1cccc(Br)c1. The van der Waals surface area contributed by atoms with Gasteiger partial charge >= 0.3 is 6.18 Å². The van der Waals surface area contributed by atoms with E-state index < -0.39 is 34.8 Å². The zero-order valence-electron chi connectivity index (χ0n) is 9.17. The normalized spacial score (nSPS) is 12.4. The standard InChI is InChI=1S/C10H11BrF3NO2S/c11-8-3-1-4-9(7-8)15-18(16,17)6-2-5-10(12,13)14/h1,3-4,7,15H,2,5-6H2. The summed E-state index contributed by atoms with van der Waals surface area (Å²) in [5.74, 6) is -0.557. The molecule has 0 aliphatic carbocycles. The molecule has 0 saturated heterocycles. The summed E-state index contributed by atoms with van der Waals surface area (Å²) < 4.78 is 61.6. The van der Waals surface area contributed by atoms with Crippen LogP contribution < -0.4 is 4.72 Å². The van der Waals surface area contributed by atoms with Gasteiger partial charge in [0.25, 0.3) is 0 Å². The van der Waals surface area contributed by atoms with Gasteiger partial charge in [-0.15, -0.1) is 0 Å². The van der Waals surface area contributed by atoms with Gasteiger partial charge in [-0.25, -0.2) is 8.42 Å². The summed E-state index contributed by atoms with van der Waals surface area (Å²) in [6.07, 6.45) is -5.88. The topological polar surface area (TPSA) is 46.2 Å². The van der Waals surface area contributed by atoms with E-state index in [-0.39, 0.29) is 0 Å². The van der Waals surface area contributed by atoms with Gasteiger partial charge in [-0.3, -0.25) is 4.72 Å². The molecule has 0 saturated carbocycles. The first-order chi connectivity index (χ1) is 8.18. The number of rotatable bonds is 5. The van der Waals surface area contributed by atoms with E-state index in [1.165, 1.54) is 12.1 Å². The van der Waals surface area contributed by atoms with Crippen LogP contribution in [0.25, 0.3) is 0 Å². The third kappa shape index (κ3) is 6.25. The van der Waals surface area contributed by atoms with Gasteiger partial charge in [-0.1, -0.05) is 22.0 Å². The van der Waals surface area contributed by atoms with E-state index >= 15 is 0 Å². The number of nitrogens with one attached hydrogen (secondary N) is 1. The van der Waals surface area contributed by atoms with Gasteiger partial charge < -0.3 is 0 Å². The van der Waals surface area contributed by atoms with Crippen molar-refractivity contribution >= 4 is 31.6 Å². The van der Waals surface area contributed by atoms with Crippen LogP contribution in [0.2, 0.25) is 0 Å². The van der Waals surface area contributed by atoms with Crippen molar-refractivity contribution in [2.24, 2.45) is 0 Å². The number of anilines is 1. The average Bonchev–Trinajstić information content (AvgIpc) is 2.13. The summed E-state index contributed by atoms with van der Waals surface area (Å²) in [5.41, 5.74) is 0.316. The first-order valence-electron chi connectivity index (χ1n) is 5.01. The predicted octanol–water partition coefficient (Wildman–Crippen LogP) is 3.53. The minimum Gasteiger partial charge on any atom is -0.284 e. The molecule has 0 radical (unpaired) electrons. The van der Waals surface area contributed by atoms with Crippen LogP contribution in [0.1, 0.15) is 12.8 Å². The molecule has 0 fully saturated rings. The molecule has 0 aliphatic heterocycles. The number of sulfonamides is 1. The Morgan fingerprint density at radius 2 is 1.94 bits per heavy atom. The average molecular weight is 346 g/mol. The molecule has 102 valence electrons. The maximum absolute atomic E-state index is 11.9. The number of alkyl halides is 3. The molecule has 8 heteroatoms. The smallest absolute Gasteiger partial charge is 0.284 e. The quantitative estimate of drug-likeness (QED) is 0.887. The lowest BCUT2D eigenvalue weighted by atomic mass is 10.3. The lowest BCUT2D eigenvalue weighted by molar-refractivity contribution is -0.134. The van der Waals surface area contributed by atoms with Crippen LogP contribution in [-0.4, -0.2) is 20.3 Å². The molecule has 0 spiro atoms. The van der Waals surface area contributed by atoms with Crippen LogP contribution in [0.15, 0.2) is 28.7 Å². The zero-order chi connectivity index (χ0) is 13.8. The third-order valence-corrected chi connectivity index (χ3v) is 3.84. The van der Waals surface area contributed by atoms with Gasteiger partial charge in [0.15, 0.2) is 0 Å². The number of halogens is 4. The molecule has 18 heavy (non-hydrogen) atoms. The molecule has 0 aromatic heterocycles. The van der Waals surface area contributed by atoms with Crippen LogP contribution in [0.4, 0.5) is 18.9 Å². The molecule has 1 aromatic carbocycles. The van der Waals surface area contributed by atoms with Gasteiger partial charge in [0.05, 0.1) is 5.75 Å². The van der Waals surface area contributed by atoms with E-state index in [4.69, 9.17) is 0 Å². The Hall–Kier alpha value is -0.760. The lowest BCUT2D eigenvalue weighted by Crippen LogP contribution is -2.18. The summed E-state index contributed by atoms with van der Waals surface area (Å²) in [4.78, 5) is 0. The molecule has 1 rings (SSSR count). The van der Waals surface area contributed by atoms with Gasteiger partial charge in [-0.05, 0) is 24.6 Å². The van der Waals surface area contributed by atoms with Gasteiger partial charge in [0, 0.05) is 16.6 Å². The van der Waals surface area contributed by atoms with Crippen molar-refractivity contribution in [3.8, 4) is 0 Å². The molecule has 0 heterocycles. The van der Waals surface area contributed by atoms with Crippen molar-refractivity contribution in [1.29, 1.82) is 0 Å². The summed E-state index contributed by atoms with van der Waals surface area (Å²) in [6, 6.07) is 6.38. The summed E-state index contributed by atoms with van der Waals surface area (Å²) in [7, 11) is -3.74. The number of hydrogen-bond acceptors (Lipinski definition) is 2. The zero-order valence-corrected chi connectivity index (χ0v) is 11.6.